The lowest BCUT2D eigenvalue weighted by Crippen LogP contribution is -2.49. The highest BCUT2D eigenvalue weighted by atomic mass is 16.5. The highest BCUT2D eigenvalue weighted by molar-refractivity contribution is 6.06. The summed E-state index contributed by atoms with van der Waals surface area (Å²) in [5, 5.41) is 20.2. The second kappa shape index (κ2) is 10.3. The molecule has 166 valence electrons. The fourth-order valence-electron chi connectivity index (χ4n) is 3.98. The maximum absolute atomic E-state index is 12.4. The Kier molecular flexibility index (Phi) is 7.71. The van der Waals surface area contributed by atoms with Gasteiger partial charge in [0.15, 0.2) is 0 Å². The van der Waals surface area contributed by atoms with Crippen molar-refractivity contribution in [3.8, 4) is 5.75 Å². The number of carbonyl (C=O) groups is 1. The fourth-order valence-corrected chi connectivity index (χ4v) is 3.98. The number of aliphatic hydroxyl groups is 2. The first-order valence-electron chi connectivity index (χ1n) is 10.6. The number of esters is 1. The number of ether oxygens (including phenoxy) is 2. The normalized spacial score (nSPS) is 16.7. The van der Waals surface area contributed by atoms with Gasteiger partial charge in [0.05, 0.1) is 18.8 Å². The van der Waals surface area contributed by atoms with Gasteiger partial charge in [-0.3, -0.25) is 9.80 Å². The third kappa shape index (κ3) is 5.13. The van der Waals surface area contributed by atoms with E-state index in [0.29, 0.717) is 31.0 Å². The summed E-state index contributed by atoms with van der Waals surface area (Å²) in [5.74, 6) is 0.281. The third-order valence-electron chi connectivity index (χ3n) is 5.74. The molecule has 1 aliphatic heterocycles. The summed E-state index contributed by atoms with van der Waals surface area (Å²) in [6.07, 6.45) is -0.605. The van der Waals surface area contributed by atoms with Gasteiger partial charge in [-0.2, -0.15) is 0 Å². The molecule has 2 heterocycles. The van der Waals surface area contributed by atoms with Crippen LogP contribution in [0.2, 0.25) is 0 Å². The average Bonchev–Trinajstić information content (AvgIpc) is 2.98. The summed E-state index contributed by atoms with van der Waals surface area (Å²) in [5.41, 5.74) is 2.34. The summed E-state index contributed by atoms with van der Waals surface area (Å²) >= 11 is 0. The van der Waals surface area contributed by atoms with Crippen LogP contribution in [-0.4, -0.2) is 95.7 Å². The van der Waals surface area contributed by atoms with Gasteiger partial charge in [-0.15, -0.1) is 0 Å². The molecular weight excluding hydrogens is 386 g/mol. The molecule has 1 aliphatic rings. The van der Waals surface area contributed by atoms with Crippen LogP contribution in [0.25, 0.3) is 10.9 Å². The standard InChI is InChI=1S/C22H33N3O5/c1-4-29-22(28)21-16(2)23(3)20-6-5-18(13-19(20)21)30-15-17(27)14-25-9-7-24(8-10-25)11-12-26/h5-6,13,17,26-27H,4,7-12,14-15H2,1-3H3/t17-/m0/s1. The SMILES string of the molecule is CCOC(=O)c1c(C)n(C)c2ccc(OC[C@@H](O)CN3CCN(CCO)CC3)cc12. The van der Waals surface area contributed by atoms with E-state index in [9.17, 15) is 9.90 Å². The molecule has 0 aliphatic carbocycles. The Labute approximate surface area is 177 Å². The number of benzene rings is 1. The van der Waals surface area contributed by atoms with E-state index in [4.69, 9.17) is 14.6 Å². The lowest BCUT2D eigenvalue weighted by molar-refractivity contribution is 0.0428. The van der Waals surface area contributed by atoms with Gasteiger partial charge in [-0.25, -0.2) is 4.79 Å². The van der Waals surface area contributed by atoms with Gasteiger partial charge in [0, 0.05) is 62.9 Å². The zero-order valence-corrected chi connectivity index (χ0v) is 18.1. The van der Waals surface area contributed by atoms with E-state index in [2.05, 4.69) is 9.80 Å². The molecule has 1 fully saturated rings. The number of β-amino-alcohol motifs (C(OH)–C–C–N with tert-alkyl or cyclic N) is 2. The van der Waals surface area contributed by atoms with Crippen LogP contribution in [0.3, 0.4) is 0 Å². The minimum Gasteiger partial charge on any atom is -0.491 e. The second-order valence-electron chi connectivity index (χ2n) is 7.75. The molecule has 0 unspecified atom stereocenters. The van der Waals surface area contributed by atoms with Crippen LogP contribution < -0.4 is 4.74 Å². The number of aromatic nitrogens is 1. The van der Waals surface area contributed by atoms with Crippen LogP contribution in [-0.2, 0) is 11.8 Å². The number of hydrogen-bond donors (Lipinski definition) is 2. The summed E-state index contributed by atoms with van der Waals surface area (Å²) in [7, 11) is 1.92. The number of piperazine rings is 1. The van der Waals surface area contributed by atoms with Crippen molar-refractivity contribution >= 4 is 16.9 Å². The largest absolute Gasteiger partial charge is 0.491 e. The number of hydrogen-bond acceptors (Lipinski definition) is 7. The molecule has 1 aromatic carbocycles. The van der Waals surface area contributed by atoms with Crippen LogP contribution in [0.1, 0.15) is 23.0 Å². The van der Waals surface area contributed by atoms with Crippen molar-refractivity contribution in [2.45, 2.75) is 20.0 Å². The average molecular weight is 420 g/mol. The summed E-state index contributed by atoms with van der Waals surface area (Å²) in [4.78, 5) is 16.8. The molecule has 0 spiro atoms. The molecule has 0 radical (unpaired) electrons. The number of nitrogens with zero attached hydrogens (tertiary/aromatic N) is 3. The van der Waals surface area contributed by atoms with Gasteiger partial charge in [-0.1, -0.05) is 0 Å². The van der Waals surface area contributed by atoms with Crippen LogP contribution in [0.15, 0.2) is 18.2 Å². The number of rotatable bonds is 9. The first kappa shape index (κ1) is 22.6. The van der Waals surface area contributed by atoms with Crippen molar-refractivity contribution in [3.63, 3.8) is 0 Å². The molecule has 1 aromatic heterocycles. The predicted octanol–water partition coefficient (Wildman–Crippen LogP) is 1.01. The molecule has 0 saturated carbocycles. The van der Waals surface area contributed by atoms with Crippen molar-refractivity contribution in [2.24, 2.45) is 7.05 Å². The molecule has 3 rings (SSSR count). The van der Waals surface area contributed by atoms with E-state index in [-0.39, 0.29) is 19.2 Å². The third-order valence-corrected chi connectivity index (χ3v) is 5.74. The summed E-state index contributed by atoms with van der Waals surface area (Å²) in [6, 6.07) is 5.62. The Morgan fingerprint density at radius 3 is 2.57 bits per heavy atom. The van der Waals surface area contributed by atoms with E-state index >= 15 is 0 Å². The monoisotopic (exact) mass is 419 g/mol. The zero-order chi connectivity index (χ0) is 21.7. The van der Waals surface area contributed by atoms with Crippen LogP contribution in [0, 0.1) is 6.92 Å². The quantitative estimate of drug-likeness (QED) is 0.587. The maximum Gasteiger partial charge on any atom is 0.340 e. The first-order valence-corrected chi connectivity index (χ1v) is 10.6. The lowest BCUT2D eigenvalue weighted by atomic mass is 10.1. The summed E-state index contributed by atoms with van der Waals surface area (Å²) in [6.45, 7) is 9.17. The van der Waals surface area contributed by atoms with Crippen molar-refractivity contribution in [2.75, 3.05) is 59.1 Å². The zero-order valence-electron chi connectivity index (χ0n) is 18.1. The number of aryl methyl sites for hydroxylation is 1. The molecule has 1 saturated heterocycles. The topological polar surface area (TPSA) is 87.4 Å². The molecule has 2 aromatic rings. The molecule has 0 bridgehead atoms. The highest BCUT2D eigenvalue weighted by Crippen LogP contribution is 2.29. The minimum atomic E-state index is -0.605. The van der Waals surface area contributed by atoms with Gasteiger partial charge in [-0.05, 0) is 32.0 Å². The smallest absolute Gasteiger partial charge is 0.340 e. The molecule has 8 heteroatoms. The minimum absolute atomic E-state index is 0.180. The second-order valence-corrected chi connectivity index (χ2v) is 7.75. The first-order chi connectivity index (χ1) is 14.4. The van der Waals surface area contributed by atoms with Crippen molar-refractivity contribution in [3.05, 3.63) is 29.5 Å². The maximum atomic E-state index is 12.4. The van der Waals surface area contributed by atoms with E-state index in [1.807, 2.05) is 36.7 Å². The Hall–Kier alpha value is -2.13. The van der Waals surface area contributed by atoms with Crippen LogP contribution in [0.4, 0.5) is 0 Å². The van der Waals surface area contributed by atoms with E-state index in [1.54, 1.807) is 6.92 Å². The van der Waals surface area contributed by atoms with E-state index in [1.165, 1.54) is 0 Å². The molecular formula is C22H33N3O5. The Balaban J connectivity index is 1.61. The summed E-state index contributed by atoms with van der Waals surface area (Å²) < 4.78 is 13.0. The van der Waals surface area contributed by atoms with E-state index in [0.717, 1.165) is 42.8 Å². The fraction of sp³-hybridized carbons (Fsp3) is 0.591. The number of carbonyl (C=O) groups excluding carboxylic acids is 1. The van der Waals surface area contributed by atoms with Gasteiger partial charge < -0.3 is 24.3 Å². The van der Waals surface area contributed by atoms with Crippen LogP contribution >= 0.6 is 0 Å². The highest BCUT2D eigenvalue weighted by Gasteiger charge is 2.21. The van der Waals surface area contributed by atoms with E-state index < -0.39 is 6.10 Å². The van der Waals surface area contributed by atoms with Gasteiger partial charge in [0.1, 0.15) is 18.5 Å². The Morgan fingerprint density at radius 2 is 1.90 bits per heavy atom. The number of aliphatic hydroxyl groups excluding tert-OH is 2. The van der Waals surface area contributed by atoms with Crippen molar-refractivity contribution < 1.29 is 24.5 Å². The van der Waals surface area contributed by atoms with Gasteiger partial charge in [0.25, 0.3) is 0 Å². The predicted molar refractivity (Wildman–Crippen MR) is 115 cm³/mol. The van der Waals surface area contributed by atoms with Crippen LogP contribution in [0.5, 0.6) is 5.75 Å². The lowest BCUT2D eigenvalue weighted by Gasteiger charge is -2.35. The molecule has 1 atom stereocenters. The Morgan fingerprint density at radius 1 is 1.20 bits per heavy atom. The number of fused-ring (bicyclic) bond motifs is 1. The molecule has 30 heavy (non-hydrogen) atoms. The molecule has 0 amide bonds. The van der Waals surface area contributed by atoms with Crippen molar-refractivity contribution in [1.82, 2.24) is 14.4 Å². The molecule has 2 N–H and O–H groups in total. The van der Waals surface area contributed by atoms with Gasteiger partial charge in [0.2, 0.25) is 0 Å². The van der Waals surface area contributed by atoms with Gasteiger partial charge >= 0.3 is 5.97 Å². The Bertz CT molecular complexity index is 858. The molecule has 8 nitrogen and oxygen atoms in total. The van der Waals surface area contributed by atoms with Crippen molar-refractivity contribution in [1.29, 1.82) is 0 Å².